The summed E-state index contributed by atoms with van der Waals surface area (Å²) in [5.74, 6) is 1.74. The fourth-order valence-electron chi connectivity index (χ4n) is 3.15. The third-order valence-corrected chi connectivity index (χ3v) is 4.00. The molecular weight excluding hydrogens is 226 g/mol. The second-order valence-electron chi connectivity index (χ2n) is 5.17. The second-order valence-corrected chi connectivity index (χ2v) is 5.17. The molecule has 1 aliphatic heterocycles. The van der Waals surface area contributed by atoms with E-state index in [0.717, 1.165) is 12.2 Å². The van der Waals surface area contributed by atoms with Gasteiger partial charge < -0.3 is 4.74 Å². The number of fused-ring (bicyclic) bond motifs is 1. The molecule has 1 atom stereocenters. The first-order valence-corrected chi connectivity index (χ1v) is 6.68. The molecule has 0 N–H and O–H groups in total. The van der Waals surface area contributed by atoms with Gasteiger partial charge in [0.1, 0.15) is 11.9 Å². The van der Waals surface area contributed by atoms with E-state index in [1.807, 2.05) is 0 Å². The molecule has 1 aromatic carbocycles. The Balaban J connectivity index is 1.83. The number of hydrogen-bond acceptors (Lipinski definition) is 2. The average Bonchev–Trinajstić information content (AvgIpc) is 3.04. The van der Waals surface area contributed by atoms with Gasteiger partial charge in [-0.25, -0.2) is 0 Å². The second kappa shape index (κ2) is 4.91. The van der Waals surface area contributed by atoms with Crippen LogP contribution in [0.3, 0.4) is 0 Å². The number of nitrogens with zero attached hydrogens (tertiary/aromatic N) is 3. The van der Waals surface area contributed by atoms with Gasteiger partial charge in [0.15, 0.2) is 0 Å². The van der Waals surface area contributed by atoms with E-state index in [4.69, 9.17) is 10.3 Å². The molecular formula is C14H17N3O. The maximum absolute atomic E-state index is 8.37. The number of para-hydroxylation sites is 1. The third kappa shape index (κ3) is 2.04. The van der Waals surface area contributed by atoms with Crippen LogP contribution in [0.2, 0.25) is 0 Å². The molecule has 4 nitrogen and oxygen atoms in total. The van der Waals surface area contributed by atoms with Crippen molar-refractivity contribution in [1.82, 2.24) is 0 Å². The first kappa shape index (κ1) is 11.4. The van der Waals surface area contributed by atoms with Gasteiger partial charge in [0.2, 0.25) is 0 Å². The molecule has 0 amide bonds. The molecule has 0 saturated heterocycles. The van der Waals surface area contributed by atoms with Crippen LogP contribution in [-0.4, -0.2) is 12.6 Å². The van der Waals surface area contributed by atoms with Gasteiger partial charge >= 0.3 is 0 Å². The normalized spacial score (nSPS) is 22.3. The molecule has 1 aliphatic carbocycles. The van der Waals surface area contributed by atoms with Crippen molar-refractivity contribution in [1.29, 1.82) is 0 Å². The van der Waals surface area contributed by atoms with Crippen molar-refractivity contribution >= 4 is 0 Å². The van der Waals surface area contributed by atoms with Crippen LogP contribution >= 0.6 is 0 Å². The minimum atomic E-state index is 0.0263. The van der Waals surface area contributed by atoms with Crippen molar-refractivity contribution in [2.45, 2.75) is 44.1 Å². The standard InChI is InChI=1S/C14H17N3O/c15-17-16-9-12-8-11-6-3-7-13(14(11)18-12)10-4-1-2-5-10/h3,6-7,10,12H,1-2,4-5,8-9H2. The SMILES string of the molecule is [N-]=[N+]=NCC1Cc2cccc(C3CCCC3)c2O1. The summed E-state index contributed by atoms with van der Waals surface area (Å²) in [5.41, 5.74) is 11.0. The summed E-state index contributed by atoms with van der Waals surface area (Å²) in [6.45, 7) is 0.426. The summed E-state index contributed by atoms with van der Waals surface area (Å²) in [5, 5.41) is 3.62. The van der Waals surface area contributed by atoms with Crippen molar-refractivity contribution in [3.63, 3.8) is 0 Å². The lowest BCUT2D eigenvalue weighted by Crippen LogP contribution is -2.16. The first-order chi connectivity index (χ1) is 8.88. The van der Waals surface area contributed by atoms with Gasteiger partial charge in [-0.05, 0) is 35.4 Å². The molecule has 0 radical (unpaired) electrons. The maximum atomic E-state index is 8.37. The van der Waals surface area contributed by atoms with E-state index in [-0.39, 0.29) is 6.10 Å². The average molecular weight is 243 g/mol. The Morgan fingerprint density at radius 2 is 2.17 bits per heavy atom. The highest BCUT2D eigenvalue weighted by molar-refractivity contribution is 5.46. The molecule has 2 aliphatic rings. The summed E-state index contributed by atoms with van der Waals surface area (Å²) < 4.78 is 5.99. The summed E-state index contributed by atoms with van der Waals surface area (Å²) in [4.78, 5) is 2.81. The smallest absolute Gasteiger partial charge is 0.126 e. The van der Waals surface area contributed by atoms with Crippen molar-refractivity contribution in [2.24, 2.45) is 5.11 Å². The Morgan fingerprint density at radius 3 is 2.94 bits per heavy atom. The largest absolute Gasteiger partial charge is 0.489 e. The monoisotopic (exact) mass is 243 g/mol. The van der Waals surface area contributed by atoms with Gasteiger partial charge in [-0.1, -0.05) is 36.2 Å². The van der Waals surface area contributed by atoms with Crippen molar-refractivity contribution in [2.75, 3.05) is 6.54 Å². The first-order valence-electron chi connectivity index (χ1n) is 6.68. The van der Waals surface area contributed by atoms with E-state index >= 15 is 0 Å². The number of azide groups is 1. The molecule has 1 heterocycles. The van der Waals surface area contributed by atoms with E-state index in [0.29, 0.717) is 12.5 Å². The lowest BCUT2D eigenvalue weighted by Gasteiger charge is -2.15. The summed E-state index contributed by atoms with van der Waals surface area (Å²) in [7, 11) is 0. The van der Waals surface area contributed by atoms with Crippen molar-refractivity contribution in [3.05, 3.63) is 39.8 Å². The zero-order chi connectivity index (χ0) is 12.4. The molecule has 1 aromatic rings. The van der Waals surface area contributed by atoms with E-state index in [9.17, 15) is 0 Å². The van der Waals surface area contributed by atoms with Crippen LogP contribution in [0.5, 0.6) is 5.75 Å². The molecule has 0 bridgehead atoms. The number of benzene rings is 1. The molecule has 0 aromatic heterocycles. The quantitative estimate of drug-likeness (QED) is 0.450. The van der Waals surface area contributed by atoms with E-state index in [1.165, 1.54) is 36.8 Å². The van der Waals surface area contributed by atoms with Crippen molar-refractivity contribution in [3.8, 4) is 5.75 Å². The van der Waals surface area contributed by atoms with Crippen LogP contribution in [0.15, 0.2) is 23.3 Å². The Morgan fingerprint density at radius 1 is 1.33 bits per heavy atom. The zero-order valence-corrected chi connectivity index (χ0v) is 10.4. The van der Waals surface area contributed by atoms with Crippen LogP contribution in [0.4, 0.5) is 0 Å². The summed E-state index contributed by atoms with van der Waals surface area (Å²) in [6.07, 6.45) is 6.11. The van der Waals surface area contributed by atoms with Crippen LogP contribution in [-0.2, 0) is 6.42 Å². The Kier molecular flexibility index (Phi) is 3.11. The van der Waals surface area contributed by atoms with Crippen LogP contribution in [0.25, 0.3) is 10.4 Å². The van der Waals surface area contributed by atoms with E-state index in [1.54, 1.807) is 0 Å². The van der Waals surface area contributed by atoms with E-state index in [2.05, 4.69) is 28.2 Å². The number of hydrogen-bond donors (Lipinski definition) is 0. The molecule has 3 rings (SSSR count). The van der Waals surface area contributed by atoms with Crippen LogP contribution in [0, 0.1) is 0 Å². The molecule has 94 valence electrons. The van der Waals surface area contributed by atoms with Gasteiger partial charge in [-0.15, -0.1) is 0 Å². The van der Waals surface area contributed by atoms with Crippen molar-refractivity contribution < 1.29 is 4.74 Å². The number of ether oxygens (including phenoxy) is 1. The highest BCUT2D eigenvalue weighted by Crippen LogP contribution is 2.42. The van der Waals surface area contributed by atoms with Gasteiger partial charge in [0, 0.05) is 11.3 Å². The van der Waals surface area contributed by atoms with Gasteiger partial charge in [0.25, 0.3) is 0 Å². The lowest BCUT2D eigenvalue weighted by molar-refractivity contribution is 0.238. The molecule has 18 heavy (non-hydrogen) atoms. The van der Waals surface area contributed by atoms with Crippen LogP contribution < -0.4 is 4.74 Å². The highest BCUT2D eigenvalue weighted by atomic mass is 16.5. The van der Waals surface area contributed by atoms with Gasteiger partial charge in [-0.2, -0.15) is 0 Å². The van der Waals surface area contributed by atoms with Gasteiger partial charge in [-0.3, -0.25) is 0 Å². The fourth-order valence-corrected chi connectivity index (χ4v) is 3.15. The third-order valence-electron chi connectivity index (χ3n) is 4.00. The lowest BCUT2D eigenvalue weighted by atomic mass is 9.94. The molecule has 4 heteroatoms. The summed E-state index contributed by atoms with van der Waals surface area (Å²) >= 11 is 0. The Bertz CT molecular complexity index is 488. The minimum Gasteiger partial charge on any atom is -0.489 e. The minimum absolute atomic E-state index is 0.0263. The highest BCUT2D eigenvalue weighted by Gasteiger charge is 2.28. The molecule has 1 unspecified atom stereocenters. The summed E-state index contributed by atoms with van der Waals surface area (Å²) in [6, 6.07) is 6.46. The maximum Gasteiger partial charge on any atom is 0.126 e. The number of rotatable bonds is 3. The molecule has 1 saturated carbocycles. The Labute approximate surface area is 107 Å². The predicted octanol–water partition coefficient (Wildman–Crippen LogP) is 3.96. The van der Waals surface area contributed by atoms with Gasteiger partial charge in [0.05, 0.1) is 6.54 Å². The van der Waals surface area contributed by atoms with Crippen LogP contribution in [0.1, 0.15) is 42.7 Å². The topological polar surface area (TPSA) is 58.0 Å². The Hall–Kier alpha value is -1.67. The predicted molar refractivity (Wildman–Crippen MR) is 69.8 cm³/mol. The fraction of sp³-hybridized carbons (Fsp3) is 0.571. The molecule has 0 spiro atoms. The zero-order valence-electron chi connectivity index (χ0n) is 10.4. The molecule has 1 fully saturated rings. The van der Waals surface area contributed by atoms with E-state index < -0.39 is 0 Å².